The zero-order chi connectivity index (χ0) is 48.5. The summed E-state index contributed by atoms with van der Waals surface area (Å²) in [7, 11) is 1.51. The number of likely N-dealkylation sites (tertiary alicyclic amines) is 1. The first-order chi connectivity index (χ1) is 31.9. The number of phenols is 1. The maximum atomic E-state index is 14.8. The number of rotatable bonds is 6. The highest BCUT2D eigenvalue weighted by Gasteiger charge is 2.50. The molecule has 4 aliphatic heterocycles. The van der Waals surface area contributed by atoms with Crippen LogP contribution in [0.1, 0.15) is 97.0 Å². The number of ketones is 1. The second-order valence-electron chi connectivity index (χ2n) is 18.8. The van der Waals surface area contributed by atoms with Gasteiger partial charge in [0.15, 0.2) is 11.3 Å². The number of nitrogens with one attached hydrogen (secondary N) is 1. The standard InChI is InChI=1S/C52H65N3O12/c1-27-16-15-17-28(2)51(61)54-43-46(59)40-39(42-49(43)66-38-26-35(18-19-36(38)53-42)63-25-23-55-21-13-11-12-14-22-55)41-48(33(7)45(40)58)67-52(9,50(41)60)64-24-20-37(62-10)32(6)47(65-34(8)56)31(5)29(3)30(4)44(27)57/h15-20,24,26-27,29-32,37,44,47,57-58H,11-14,21-23,25H2,1-10H3,(H,54,61)/b16-15+,24-20+,28-17-/t27-,29+,30-,31+,32+,37-,44-,47-,52-/m0/s1. The molecule has 5 aliphatic rings. The van der Waals surface area contributed by atoms with E-state index in [9.17, 15) is 29.4 Å². The number of aliphatic hydroxyl groups excluding tert-OH is 1. The summed E-state index contributed by atoms with van der Waals surface area (Å²) in [6, 6.07) is 5.14. The lowest BCUT2D eigenvalue weighted by Crippen LogP contribution is -2.43. The van der Waals surface area contributed by atoms with E-state index in [2.05, 4.69) is 10.2 Å². The second-order valence-corrected chi connectivity index (χ2v) is 18.8. The number of carbonyl (C=O) groups is 3. The first kappa shape index (κ1) is 49.1. The van der Waals surface area contributed by atoms with Gasteiger partial charge in [-0.15, -0.1) is 0 Å². The van der Waals surface area contributed by atoms with Crippen molar-refractivity contribution in [1.82, 2.24) is 9.88 Å². The minimum absolute atomic E-state index is 0.0107. The van der Waals surface area contributed by atoms with Crippen LogP contribution in [-0.2, 0) is 23.8 Å². The number of esters is 1. The van der Waals surface area contributed by atoms with Gasteiger partial charge in [-0.3, -0.25) is 24.1 Å². The number of hydrogen-bond donors (Lipinski definition) is 3. The molecular weight excluding hydrogens is 859 g/mol. The van der Waals surface area contributed by atoms with Crippen molar-refractivity contribution in [1.29, 1.82) is 0 Å². The summed E-state index contributed by atoms with van der Waals surface area (Å²) < 4.78 is 37.0. The molecule has 0 saturated carbocycles. The van der Waals surface area contributed by atoms with Crippen LogP contribution in [0.5, 0.6) is 17.2 Å². The summed E-state index contributed by atoms with van der Waals surface area (Å²) in [6.45, 7) is 18.8. The number of aliphatic hydroxyl groups is 1. The van der Waals surface area contributed by atoms with Crippen LogP contribution in [0.3, 0.4) is 0 Å². The summed E-state index contributed by atoms with van der Waals surface area (Å²) >= 11 is 0. The highest BCUT2D eigenvalue weighted by molar-refractivity contribution is 6.22. The number of nitrogens with zero attached hydrogens (tertiary/aromatic N) is 2. The molecule has 67 heavy (non-hydrogen) atoms. The number of Topliss-reactive ketones (excluding diaryl/α,β-unsaturated/α-hetero) is 1. The molecule has 2 aromatic carbocycles. The zero-order valence-electron chi connectivity index (χ0n) is 40.3. The van der Waals surface area contributed by atoms with Gasteiger partial charge >= 0.3 is 11.8 Å². The highest BCUT2D eigenvalue weighted by Crippen LogP contribution is 2.50. The van der Waals surface area contributed by atoms with E-state index in [0.717, 1.165) is 32.5 Å². The van der Waals surface area contributed by atoms with Crippen LogP contribution in [0.4, 0.5) is 5.69 Å². The van der Waals surface area contributed by atoms with Gasteiger partial charge in [0.1, 0.15) is 46.9 Å². The van der Waals surface area contributed by atoms with Crippen molar-refractivity contribution in [3.8, 4) is 28.7 Å². The van der Waals surface area contributed by atoms with Gasteiger partial charge < -0.3 is 43.6 Å². The predicted octanol–water partition coefficient (Wildman–Crippen LogP) is 8.48. The van der Waals surface area contributed by atoms with Crippen molar-refractivity contribution in [2.24, 2.45) is 29.6 Å². The normalized spacial score (nSPS) is 29.7. The fourth-order valence-corrected chi connectivity index (χ4v) is 9.74. The van der Waals surface area contributed by atoms with Gasteiger partial charge in [0, 0.05) is 61.9 Å². The minimum atomic E-state index is -2.00. The van der Waals surface area contributed by atoms with Crippen molar-refractivity contribution >= 4 is 45.2 Å². The van der Waals surface area contributed by atoms with E-state index in [1.807, 2.05) is 34.6 Å². The number of anilines is 1. The maximum absolute atomic E-state index is 14.8. The summed E-state index contributed by atoms with van der Waals surface area (Å²) in [4.78, 5) is 63.5. The lowest BCUT2D eigenvalue weighted by atomic mass is 9.73. The van der Waals surface area contributed by atoms with Crippen molar-refractivity contribution in [2.75, 3.05) is 38.7 Å². The number of phenolic OH excluding ortho intramolecular Hbond substituents is 1. The molecule has 9 atom stereocenters. The molecule has 7 rings (SSSR count). The van der Waals surface area contributed by atoms with Crippen LogP contribution in [0, 0.1) is 36.5 Å². The molecular formula is C52H65N3O12. The van der Waals surface area contributed by atoms with E-state index in [1.54, 1.807) is 49.4 Å². The van der Waals surface area contributed by atoms with Crippen LogP contribution in [-0.4, -0.2) is 95.2 Å². The number of methoxy groups -OCH3 is 1. The number of allylic oxidation sites excluding steroid dienone is 2. The number of amides is 1. The Morgan fingerprint density at radius 3 is 2.37 bits per heavy atom. The lowest BCUT2D eigenvalue weighted by Gasteiger charge is -2.39. The van der Waals surface area contributed by atoms with Crippen LogP contribution in [0.15, 0.2) is 63.6 Å². The number of ether oxygens (including phenoxy) is 5. The largest absolute Gasteiger partial charge is 0.507 e. The van der Waals surface area contributed by atoms with Gasteiger partial charge in [0.05, 0.1) is 29.4 Å². The number of benzene rings is 3. The zero-order valence-corrected chi connectivity index (χ0v) is 40.3. The molecule has 4 bridgehead atoms. The molecule has 1 amide bonds. The third kappa shape index (κ3) is 9.82. The highest BCUT2D eigenvalue weighted by atomic mass is 16.7. The molecule has 0 unspecified atom stereocenters. The fourth-order valence-electron chi connectivity index (χ4n) is 9.74. The minimum Gasteiger partial charge on any atom is -0.507 e. The maximum Gasteiger partial charge on any atom is 0.312 e. The van der Waals surface area contributed by atoms with Crippen molar-refractivity contribution in [3.63, 3.8) is 0 Å². The van der Waals surface area contributed by atoms with Gasteiger partial charge in [0.2, 0.25) is 5.43 Å². The van der Waals surface area contributed by atoms with E-state index in [0.29, 0.717) is 17.9 Å². The molecule has 1 fully saturated rings. The van der Waals surface area contributed by atoms with E-state index in [-0.39, 0.29) is 79.6 Å². The van der Waals surface area contributed by atoms with E-state index in [1.165, 1.54) is 47.0 Å². The van der Waals surface area contributed by atoms with E-state index < -0.39 is 58.9 Å². The summed E-state index contributed by atoms with van der Waals surface area (Å²) in [6.07, 6.45) is 10.6. The molecule has 2 aromatic rings. The lowest BCUT2D eigenvalue weighted by molar-refractivity contribution is -0.157. The Bertz CT molecular complexity index is 2640. The van der Waals surface area contributed by atoms with Gasteiger partial charge in [-0.2, -0.15) is 0 Å². The summed E-state index contributed by atoms with van der Waals surface area (Å²) in [5.41, 5.74) is -0.263. The molecule has 0 aromatic heterocycles. The van der Waals surface area contributed by atoms with E-state index >= 15 is 0 Å². The number of fused-ring (bicyclic) bond motifs is 2. The Kier molecular flexibility index (Phi) is 14.8. The first-order valence-corrected chi connectivity index (χ1v) is 23.4. The summed E-state index contributed by atoms with van der Waals surface area (Å²) in [5, 5.41) is 25.9. The molecule has 0 spiro atoms. The Labute approximate surface area is 391 Å². The molecule has 15 heteroatoms. The average molecular weight is 924 g/mol. The van der Waals surface area contributed by atoms with Crippen LogP contribution in [0.25, 0.3) is 33.3 Å². The molecule has 4 heterocycles. The van der Waals surface area contributed by atoms with E-state index in [4.69, 9.17) is 33.1 Å². The number of carbonyl (C=O) groups excluding carboxylic acids is 3. The fraction of sp³-hybridized carbons (Fsp3) is 0.519. The van der Waals surface area contributed by atoms with Gasteiger partial charge in [-0.05, 0) is 75.7 Å². The average Bonchev–Trinajstić information content (AvgIpc) is 3.42. The van der Waals surface area contributed by atoms with Crippen LogP contribution >= 0.6 is 0 Å². The molecule has 0 radical (unpaired) electrons. The summed E-state index contributed by atoms with van der Waals surface area (Å²) in [5.74, 6) is -5.34. The van der Waals surface area contributed by atoms with Crippen LogP contribution in [0.2, 0.25) is 0 Å². The predicted molar refractivity (Wildman–Crippen MR) is 255 cm³/mol. The van der Waals surface area contributed by atoms with Crippen molar-refractivity contribution < 1.29 is 52.7 Å². The van der Waals surface area contributed by atoms with Crippen LogP contribution < -0.4 is 20.2 Å². The first-order valence-electron chi connectivity index (χ1n) is 23.4. The number of aromatic hydroxyl groups is 1. The van der Waals surface area contributed by atoms with Gasteiger partial charge in [-0.1, -0.05) is 65.7 Å². The topological polar surface area (TPSA) is 196 Å². The smallest absolute Gasteiger partial charge is 0.312 e. The SMILES string of the molecule is CO[C@H]1/C=C/O[C@@]2(C)Oc3c(C)c(O)c4c(=O)c(c5oc6cc(OCCN7CCCCCC7)ccc6nc-5c4c3C2=O)NC(=O)/C(C)=C\C=C\[C@H](C)[C@H](O)[C@@H](C)[C@@H](C)[C@@H](C)[C@H](OC(C)=O)[C@@H]1C. The molecule has 1 saturated heterocycles. The second kappa shape index (κ2) is 20.2. The number of hydrogen-bond acceptors (Lipinski definition) is 14. The molecule has 15 nitrogen and oxygen atoms in total. The third-order valence-corrected chi connectivity index (χ3v) is 14.3. The number of aromatic nitrogens is 1. The Morgan fingerprint density at radius 2 is 1.69 bits per heavy atom. The Balaban J connectivity index is 1.38. The third-order valence-electron chi connectivity index (χ3n) is 14.3. The Morgan fingerprint density at radius 1 is 0.970 bits per heavy atom. The van der Waals surface area contributed by atoms with Gasteiger partial charge in [0.25, 0.3) is 11.7 Å². The van der Waals surface area contributed by atoms with Crippen molar-refractivity contribution in [2.45, 2.75) is 112 Å². The monoisotopic (exact) mass is 923 g/mol. The molecule has 3 N–H and O–H groups in total. The Hall–Kier alpha value is -5.77. The molecule has 1 aliphatic carbocycles. The van der Waals surface area contributed by atoms with Crippen molar-refractivity contribution in [3.05, 3.63) is 75.7 Å². The van der Waals surface area contributed by atoms with Gasteiger partial charge in [-0.25, -0.2) is 4.98 Å². The quantitative estimate of drug-likeness (QED) is 0.0946. The molecule has 360 valence electrons.